The number of guanidine groups is 1. The minimum absolute atomic E-state index is 0.669. The number of hydrogen-bond donors (Lipinski definition) is 2. The van der Waals surface area contributed by atoms with Gasteiger partial charge in [-0.05, 0) is 32.2 Å². The first-order valence-corrected chi connectivity index (χ1v) is 8.38. The Bertz CT molecular complexity index is 245. The molecule has 1 saturated heterocycles. The lowest BCUT2D eigenvalue weighted by Gasteiger charge is -2.35. The lowest BCUT2D eigenvalue weighted by atomic mass is 10.0. The van der Waals surface area contributed by atoms with E-state index in [1.54, 1.807) is 0 Å². The van der Waals surface area contributed by atoms with Crippen LogP contribution in [-0.4, -0.2) is 62.1 Å². The van der Waals surface area contributed by atoms with Gasteiger partial charge in [0.2, 0.25) is 0 Å². The number of nitrogens with zero attached hydrogens (tertiary/aromatic N) is 2. The molecule has 1 unspecified atom stereocenters. The molecule has 1 aliphatic heterocycles. The van der Waals surface area contributed by atoms with E-state index in [0.29, 0.717) is 6.04 Å². The Morgan fingerprint density at radius 1 is 1.39 bits per heavy atom. The predicted molar refractivity (Wildman–Crippen MR) is 82.6 cm³/mol. The SMILES string of the molecule is CCN1CCCCC1CNC(=NC)NCCSC. The Morgan fingerprint density at radius 3 is 2.89 bits per heavy atom. The van der Waals surface area contributed by atoms with E-state index in [9.17, 15) is 0 Å². The molecule has 1 heterocycles. The molecule has 2 N–H and O–H groups in total. The Labute approximate surface area is 116 Å². The van der Waals surface area contributed by atoms with Gasteiger partial charge in [-0.15, -0.1) is 0 Å². The molecule has 1 fully saturated rings. The van der Waals surface area contributed by atoms with E-state index < -0.39 is 0 Å². The van der Waals surface area contributed by atoms with E-state index in [-0.39, 0.29) is 0 Å². The number of hydrogen-bond acceptors (Lipinski definition) is 3. The van der Waals surface area contributed by atoms with Crippen molar-refractivity contribution in [1.82, 2.24) is 15.5 Å². The highest BCUT2D eigenvalue weighted by atomic mass is 32.2. The molecule has 0 bridgehead atoms. The van der Waals surface area contributed by atoms with Crippen LogP contribution in [0.15, 0.2) is 4.99 Å². The maximum atomic E-state index is 4.26. The van der Waals surface area contributed by atoms with Crippen molar-refractivity contribution in [3.63, 3.8) is 0 Å². The van der Waals surface area contributed by atoms with E-state index in [0.717, 1.165) is 31.3 Å². The molecule has 0 spiro atoms. The van der Waals surface area contributed by atoms with Crippen LogP contribution in [0.25, 0.3) is 0 Å². The Kier molecular flexibility index (Phi) is 8.25. The van der Waals surface area contributed by atoms with Gasteiger partial charge in [0, 0.05) is 31.9 Å². The summed E-state index contributed by atoms with van der Waals surface area (Å²) in [6.07, 6.45) is 6.15. The van der Waals surface area contributed by atoms with Crippen LogP contribution in [-0.2, 0) is 0 Å². The molecular formula is C13H28N4S. The molecule has 18 heavy (non-hydrogen) atoms. The van der Waals surface area contributed by atoms with Gasteiger partial charge >= 0.3 is 0 Å². The van der Waals surface area contributed by atoms with E-state index >= 15 is 0 Å². The second kappa shape index (κ2) is 9.50. The summed E-state index contributed by atoms with van der Waals surface area (Å²) < 4.78 is 0. The van der Waals surface area contributed by atoms with Crippen molar-refractivity contribution in [3.8, 4) is 0 Å². The fraction of sp³-hybridized carbons (Fsp3) is 0.923. The van der Waals surface area contributed by atoms with Crippen LogP contribution in [0.2, 0.25) is 0 Å². The number of likely N-dealkylation sites (N-methyl/N-ethyl adjacent to an activating group) is 1. The smallest absolute Gasteiger partial charge is 0.191 e. The Balaban J connectivity index is 2.28. The summed E-state index contributed by atoms with van der Waals surface area (Å²) in [7, 11) is 1.84. The fourth-order valence-electron chi connectivity index (χ4n) is 2.41. The second-order valence-corrected chi connectivity index (χ2v) is 5.64. The lowest BCUT2D eigenvalue weighted by molar-refractivity contribution is 0.157. The molecule has 0 amide bonds. The summed E-state index contributed by atoms with van der Waals surface area (Å²) >= 11 is 1.85. The molecule has 0 radical (unpaired) electrons. The lowest BCUT2D eigenvalue weighted by Crippen LogP contribution is -2.49. The van der Waals surface area contributed by atoms with Crippen molar-refractivity contribution in [2.24, 2.45) is 4.99 Å². The molecule has 0 aliphatic carbocycles. The predicted octanol–water partition coefficient (Wildman–Crippen LogP) is 1.39. The molecule has 0 saturated carbocycles. The van der Waals surface area contributed by atoms with Gasteiger partial charge in [-0.3, -0.25) is 9.89 Å². The van der Waals surface area contributed by atoms with Crippen LogP contribution in [0, 0.1) is 0 Å². The third-order valence-electron chi connectivity index (χ3n) is 3.48. The largest absolute Gasteiger partial charge is 0.356 e. The Hall–Kier alpha value is -0.420. The van der Waals surface area contributed by atoms with Crippen molar-refractivity contribution < 1.29 is 0 Å². The average Bonchev–Trinajstić information content (AvgIpc) is 2.43. The number of thioether (sulfide) groups is 1. The second-order valence-electron chi connectivity index (χ2n) is 4.65. The highest BCUT2D eigenvalue weighted by molar-refractivity contribution is 7.98. The minimum Gasteiger partial charge on any atom is -0.356 e. The summed E-state index contributed by atoms with van der Waals surface area (Å²) in [5.41, 5.74) is 0. The van der Waals surface area contributed by atoms with Crippen molar-refractivity contribution in [2.75, 3.05) is 45.2 Å². The third-order valence-corrected chi connectivity index (χ3v) is 4.09. The first kappa shape index (κ1) is 15.6. The monoisotopic (exact) mass is 272 g/mol. The first-order chi connectivity index (χ1) is 8.81. The number of likely N-dealkylation sites (tertiary alicyclic amines) is 1. The minimum atomic E-state index is 0.669. The van der Waals surface area contributed by atoms with Gasteiger partial charge < -0.3 is 10.6 Å². The standard InChI is InChI=1S/C13H28N4S/c1-4-17-9-6-5-7-12(17)11-16-13(14-2)15-8-10-18-3/h12H,4-11H2,1-3H3,(H2,14,15,16). The number of rotatable bonds is 6. The quantitative estimate of drug-likeness (QED) is 0.435. The number of nitrogens with one attached hydrogen (secondary N) is 2. The number of aliphatic imine (C=N–C) groups is 1. The zero-order chi connectivity index (χ0) is 13.2. The topological polar surface area (TPSA) is 39.7 Å². The third kappa shape index (κ3) is 5.48. The zero-order valence-corrected chi connectivity index (χ0v) is 12.9. The molecular weight excluding hydrogens is 244 g/mol. The van der Waals surface area contributed by atoms with Crippen LogP contribution in [0.3, 0.4) is 0 Å². The van der Waals surface area contributed by atoms with Gasteiger partial charge in [0.1, 0.15) is 0 Å². The van der Waals surface area contributed by atoms with Gasteiger partial charge in [0.15, 0.2) is 5.96 Å². The molecule has 1 rings (SSSR count). The van der Waals surface area contributed by atoms with Gasteiger partial charge in [0.05, 0.1) is 0 Å². The van der Waals surface area contributed by atoms with Gasteiger partial charge in [-0.25, -0.2) is 0 Å². The highest BCUT2D eigenvalue weighted by Crippen LogP contribution is 2.15. The van der Waals surface area contributed by atoms with Crippen molar-refractivity contribution >= 4 is 17.7 Å². The average molecular weight is 272 g/mol. The summed E-state index contributed by atoms with van der Waals surface area (Å²) in [6, 6.07) is 0.669. The number of piperidine rings is 1. The fourth-order valence-corrected chi connectivity index (χ4v) is 2.72. The van der Waals surface area contributed by atoms with E-state index in [1.807, 2.05) is 18.8 Å². The van der Waals surface area contributed by atoms with Crippen LogP contribution < -0.4 is 10.6 Å². The molecule has 0 aromatic heterocycles. The molecule has 106 valence electrons. The molecule has 1 aliphatic rings. The summed E-state index contributed by atoms with van der Waals surface area (Å²) in [6.45, 7) is 6.64. The van der Waals surface area contributed by atoms with E-state index in [4.69, 9.17) is 0 Å². The molecule has 5 heteroatoms. The van der Waals surface area contributed by atoms with Gasteiger partial charge in [-0.1, -0.05) is 13.3 Å². The van der Waals surface area contributed by atoms with Gasteiger partial charge in [-0.2, -0.15) is 11.8 Å². The zero-order valence-electron chi connectivity index (χ0n) is 12.0. The summed E-state index contributed by atoms with van der Waals surface area (Å²) in [4.78, 5) is 6.84. The van der Waals surface area contributed by atoms with Crippen LogP contribution in [0.4, 0.5) is 0 Å². The van der Waals surface area contributed by atoms with Crippen molar-refractivity contribution in [3.05, 3.63) is 0 Å². The maximum absolute atomic E-state index is 4.26. The Morgan fingerprint density at radius 2 is 2.22 bits per heavy atom. The van der Waals surface area contributed by atoms with Crippen LogP contribution >= 0.6 is 11.8 Å². The van der Waals surface area contributed by atoms with E-state index in [2.05, 4.69) is 33.7 Å². The summed E-state index contributed by atoms with van der Waals surface area (Å²) in [5.74, 6) is 2.05. The van der Waals surface area contributed by atoms with Crippen LogP contribution in [0.5, 0.6) is 0 Å². The molecule has 1 atom stereocenters. The summed E-state index contributed by atoms with van der Waals surface area (Å²) in [5, 5.41) is 6.79. The molecule has 0 aromatic carbocycles. The van der Waals surface area contributed by atoms with Crippen LogP contribution in [0.1, 0.15) is 26.2 Å². The van der Waals surface area contributed by atoms with Crippen molar-refractivity contribution in [2.45, 2.75) is 32.2 Å². The first-order valence-electron chi connectivity index (χ1n) is 6.99. The molecule has 0 aromatic rings. The van der Waals surface area contributed by atoms with E-state index in [1.165, 1.54) is 25.8 Å². The maximum Gasteiger partial charge on any atom is 0.191 e. The van der Waals surface area contributed by atoms with Gasteiger partial charge in [0.25, 0.3) is 0 Å². The normalized spacial score (nSPS) is 21.9. The molecule has 4 nitrogen and oxygen atoms in total. The highest BCUT2D eigenvalue weighted by Gasteiger charge is 2.20. The van der Waals surface area contributed by atoms with Crippen molar-refractivity contribution in [1.29, 1.82) is 0 Å².